The molecule has 1 aliphatic heterocycles. The molecule has 2 aromatic carbocycles. The van der Waals surface area contributed by atoms with E-state index in [1.165, 1.54) is 0 Å². The molecule has 0 aromatic heterocycles. The SMILES string of the molecule is C[C@@H]1CCN(C(=O)CNc2ccc(C(N)=O)cc2)c2ccccc2S1. The van der Waals surface area contributed by atoms with E-state index >= 15 is 0 Å². The normalized spacial score (nSPS) is 16.7. The van der Waals surface area contributed by atoms with Crippen LogP contribution in [0.1, 0.15) is 23.7 Å². The molecule has 6 heteroatoms. The van der Waals surface area contributed by atoms with Crippen LogP contribution in [-0.4, -0.2) is 30.2 Å². The van der Waals surface area contributed by atoms with Gasteiger partial charge in [0.15, 0.2) is 0 Å². The summed E-state index contributed by atoms with van der Waals surface area (Å²) in [5, 5.41) is 3.60. The minimum absolute atomic E-state index is 0.0288. The van der Waals surface area contributed by atoms with Gasteiger partial charge in [-0.2, -0.15) is 0 Å². The minimum Gasteiger partial charge on any atom is -0.376 e. The number of anilines is 2. The Kier molecular flexibility index (Phi) is 5.28. The number of hydrogen-bond donors (Lipinski definition) is 2. The van der Waals surface area contributed by atoms with Gasteiger partial charge in [-0.15, -0.1) is 11.8 Å². The van der Waals surface area contributed by atoms with E-state index in [2.05, 4.69) is 18.3 Å². The minimum atomic E-state index is -0.463. The number of fused-ring (bicyclic) bond motifs is 1. The molecule has 0 saturated heterocycles. The summed E-state index contributed by atoms with van der Waals surface area (Å²) in [6.07, 6.45) is 0.957. The van der Waals surface area contributed by atoms with Crippen LogP contribution in [0, 0.1) is 0 Å². The van der Waals surface area contributed by atoms with Crippen molar-refractivity contribution in [2.45, 2.75) is 23.5 Å². The smallest absolute Gasteiger partial charge is 0.248 e. The van der Waals surface area contributed by atoms with Crippen LogP contribution in [0.4, 0.5) is 11.4 Å². The van der Waals surface area contributed by atoms with Crippen LogP contribution >= 0.6 is 11.8 Å². The molecule has 0 spiro atoms. The highest BCUT2D eigenvalue weighted by molar-refractivity contribution is 8.00. The molecule has 3 rings (SSSR count). The van der Waals surface area contributed by atoms with E-state index in [0.717, 1.165) is 22.7 Å². The summed E-state index contributed by atoms with van der Waals surface area (Å²) in [4.78, 5) is 26.9. The fraction of sp³-hybridized carbons (Fsp3) is 0.263. The Morgan fingerprint density at radius 2 is 1.92 bits per heavy atom. The molecule has 2 amide bonds. The number of primary amides is 1. The molecule has 5 nitrogen and oxygen atoms in total. The van der Waals surface area contributed by atoms with Crippen molar-refractivity contribution in [3.05, 3.63) is 54.1 Å². The Balaban J connectivity index is 1.69. The molecule has 0 bridgehead atoms. The van der Waals surface area contributed by atoms with E-state index in [9.17, 15) is 9.59 Å². The number of nitrogens with zero attached hydrogens (tertiary/aromatic N) is 1. The zero-order chi connectivity index (χ0) is 17.8. The van der Waals surface area contributed by atoms with Gasteiger partial charge in [0.25, 0.3) is 0 Å². The van der Waals surface area contributed by atoms with Crippen molar-refractivity contribution in [3.63, 3.8) is 0 Å². The van der Waals surface area contributed by atoms with Gasteiger partial charge in [0.1, 0.15) is 0 Å². The Morgan fingerprint density at radius 3 is 2.64 bits per heavy atom. The number of thioether (sulfide) groups is 1. The number of carbonyl (C=O) groups excluding carboxylic acids is 2. The number of nitrogens with one attached hydrogen (secondary N) is 1. The maximum Gasteiger partial charge on any atom is 0.248 e. The quantitative estimate of drug-likeness (QED) is 0.884. The van der Waals surface area contributed by atoms with Crippen LogP contribution in [0.2, 0.25) is 0 Å². The lowest BCUT2D eigenvalue weighted by atomic mass is 10.2. The van der Waals surface area contributed by atoms with Crippen molar-refractivity contribution < 1.29 is 9.59 Å². The average Bonchev–Trinajstić information content (AvgIpc) is 2.78. The Labute approximate surface area is 151 Å². The van der Waals surface area contributed by atoms with Crippen LogP contribution < -0.4 is 16.0 Å². The zero-order valence-corrected chi connectivity index (χ0v) is 14.9. The molecule has 0 fully saturated rings. The van der Waals surface area contributed by atoms with Crippen molar-refractivity contribution in [3.8, 4) is 0 Å². The number of hydrogen-bond acceptors (Lipinski definition) is 4. The number of nitrogens with two attached hydrogens (primary N) is 1. The summed E-state index contributed by atoms with van der Waals surface area (Å²) in [6.45, 7) is 3.10. The highest BCUT2D eigenvalue weighted by atomic mass is 32.2. The molecule has 25 heavy (non-hydrogen) atoms. The first kappa shape index (κ1) is 17.4. The second kappa shape index (κ2) is 7.61. The molecular formula is C19H21N3O2S. The molecule has 0 aliphatic carbocycles. The molecular weight excluding hydrogens is 334 g/mol. The monoisotopic (exact) mass is 355 g/mol. The van der Waals surface area contributed by atoms with Gasteiger partial charge < -0.3 is 16.0 Å². The summed E-state index contributed by atoms with van der Waals surface area (Å²) in [7, 11) is 0. The van der Waals surface area contributed by atoms with E-state index in [4.69, 9.17) is 5.73 Å². The number of amides is 2. The first-order valence-electron chi connectivity index (χ1n) is 8.24. The largest absolute Gasteiger partial charge is 0.376 e. The van der Waals surface area contributed by atoms with Gasteiger partial charge in [-0.25, -0.2) is 0 Å². The van der Waals surface area contributed by atoms with Crippen molar-refractivity contribution in [1.82, 2.24) is 0 Å². The molecule has 1 heterocycles. The van der Waals surface area contributed by atoms with Crippen molar-refractivity contribution >= 4 is 35.0 Å². The van der Waals surface area contributed by atoms with Gasteiger partial charge in [-0.05, 0) is 42.8 Å². The fourth-order valence-electron chi connectivity index (χ4n) is 2.77. The second-order valence-electron chi connectivity index (χ2n) is 6.03. The summed E-state index contributed by atoms with van der Waals surface area (Å²) in [5.74, 6) is -0.434. The van der Waals surface area contributed by atoms with Gasteiger partial charge >= 0.3 is 0 Å². The third-order valence-electron chi connectivity index (χ3n) is 4.16. The second-order valence-corrected chi connectivity index (χ2v) is 7.51. The number of para-hydroxylation sites is 1. The molecule has 3 N–H and O–H groups in total. The average molecular weight is 355 g/mol. The number of carbonyl (C=O) groups is 2. The Bertz CT molecular complexity index is 776. The van der Waals surface area contributed by atoms with Gasteiger partial charge in [-0.1, -0.05) is 19.1 Å². The third kappa shape index (κ3) is 4.14. The fourth-order valence-corrected chi connectivity index (χ4v) is 3.88. The molecule has 1 aliphatic rings. The zero-order valence-electron chi connectivity index (χ0n) is 14.1. The maximum absolute atomic E-state index is 12.7. The van der Waals surface area contributed by atoms with Crippen LogP contribution in [0.3, 0.4) is 0 Å². The topological polar surface area (TPSA) is 75.4 Å². The van der Waals surface area contributed by atoms with Crippen molar-refractivity contribution in [1.29, 1.82) is 0 Å². The summed E-state index contributed by atoms with van der Waals surface area (Å²) in [6, 6.07) is 14.8. The summed E-state index contributed by atoms with van der Waals surface area (Å²) < 4.78 is 0. The molecule has 0 saturated carbocycles. The maximum atomic E-state index is 12.7. The molecule has 2 aromatic rings. The van der Waals surface area contributed by atoms with E-state index in [0.29, 0.717) is 17.4 Å². The lowest BCUT2D eigenvalue weighted by molar-refractivity contribution is -0.117. The van der Waals surface area contributed by atoms with E-state index in [1.54, 1.807) is 24.3 Å². The van der Waals surface area contributed by atoms with E-state index in [-0.39, 0.29) is 12.5 Å². The lowest BCUT2D eigenvalue weighted by Crippen LogP contribution is -2.36. The number of rotatable bonds is 4. The van der Waals surface area contributed by atoms with E-state index in [1.807, 2.05) is 34.9 Å². The Morgan fingerprint density at radius 1 is 1.20 bits per heavy atom. The predicted molar refractivity (Wildman–Crippen MR) is 102 cm³/mol. The third-order valence-corrected chi connectivity index (χ3v) is 5.39. The van der Waals surface area contributed by atoms with Gasteiger partial charge in [0, 0.05) is 27.9 Å². The van der Waals surface area contributed by atoms with Gasteiger partial charge in [0.05, 0.1) is 12.2 Å². The summed E-state index contributed by atoms with van der Waals surface area (Å²) in [5.41, 5.74) is 7.44. The van der Waals surface area contributed by atoms with Gasteiger partial charge in [-0.3, -0.25) is 9.59 Å². The first-order valence-corrected chi connectivity index (χ1v) is 9.12. The van der Waals surface area contributed by atoms with E-state index < -0.39 is 5.91 Å². The molecule has 130 valence electrons. The molecule has 0 unspecified atom stereocenters. The molecule has 0 radical (unpaired) electrons. The van der Waals surface area contributed by atoms with Crippen molar-refractivity contribution in [2.75, 3.05) is 23.3 Å². The van der Waals surface area contributed by atoms with Gasteiger partial charge in [0.2, 0.25) is 11.8 Å². The number of benzene rings is 2. The van der Waals surface area contributed by atoms with Crippen molar-refractivity contribution in [2.24, 2.45) is 5.73 Å². The predicted octanol–water partition coefficient (Wildman–Crippen LogP) is 3.11. The highest BCUT2D eigenvalue weighted by Gasteiger charge is 2.23. The van der Waals surface area contributed by atoms with Crippen LogP contribution in [-0.2, 0) is 4.79 Å². The molecule has 1 atom stereocenters. The first-order chi connectivity index (χ1) is 12.0. The van der Waals surface area contributed by atoms with Crippen LogP contribution in [0.5, 0.6) is 0 Å². The van der Waals surface area contributed by atoms with Crippen LogP contribution in [0.15, 0.2) is 53.4 Å². The summed E-state index contributed by atoms with van der Waals surface area (Å²) >= 11 is 1.81. The van der Waals surface area contributed by atoms with Crippen LogP contribution in [0.25, 0.3) is 0 Å². The lowest BCUT2D eigenvalue weighted by Gasteiger charge is -2.23. The Hall–Kier alpha value is -2.47. The highest BCUT2D eigenvalue weighted by Crippen LogP contribution is 2.37. The standard InChI is InChI=1S/C19H21N3O2S/c1-13-10-11-22(16-4-2-3-5-17(16)25-13)18(23)12-21-15-8-6-14(7-9-15)19(20)24/h2-9,13,21H,10-12H2,1H3,(H2,20,24)/t13-/m1/s1.